The van der Waals surface area contributed by atoms with Gasteiger partial charge in [-0.25, -0.2) is 0 Å². The fraction of sp³-hybridized carbons (Fsp3) is 0.371. The van der Waals surface area contributed by atoms with E-state index in [1.165, 1.54) is 30.7 Å². The summed E-state index contributed by atoms with van der Waals surface area (Å²) in [6, 6.07) is 21.4. The maximum atomic E-state index is 11.9. The molecule has 2 saturated heterocycles. The van der Waals surface area contributed by atoms with Crippen LogP contribution in [0.5, 0.6) is 0 Å². The molecule has 0 amide bonds. The van der Waals surface area contributed by atoms with Crippen molar-refractivity contribution in [1.82, 2.24) is 19.8 Å². The molecule has 234 valence electrons. The average Bonchev–Trinajstić information content (AvgIpc) is 3.06. The standard InChI is InChI=1S/C35H40N6O2S2/c1-24-6-8-28(37-22-24)29(11-13-40-16-14-39(2)15-17-40)38-25-7-9-31-33(20-25)44-32-5-3-4-27(35(32)45-31)30-23-41(18-19-43-30)26-10-12-36-34(42)21-26/h3-10,12,20-22,29-30,38H,11,13-19,23H2,1-2H3,(H,36,42). The predicted octanol–water partition coefficient (Wildman–Crippen LogP) is 6.06. The van der Waals surface area contributed by atoms with Crippen molar-refractivity contribution in [2.45, 2.75) is 45.1 Å². The van der Waals surface area contributed by atoms with E-state index in [1.807, 2.05) is 35.8 Å². The van der Waals surface area contributed by atoms with Crippen LogP contribution >= 0.6 is 23.5 Å². The first-order chi connectivity index (χ1) is 22.0. The second kappa shape index (κ2) is 13.6. The number of hydrogen-bond donors (Lipinski definition) is 2. The summed E-state index contributed by atoms with van der Waals surface area (Å²) in [5, 5.41) is 3.85. The molecular weight excluding hydrogens is 601 g/mol. The SMILES string of the molecule is Cc1ccc(C(CCN2CCN(C)CC2)Nc2ccc3c(c2)Sc2cccc(C4CN(c5cc[nH]c(=O)c5)CCO4)c2S3)nc1. The van der Waals surface area contributed by atoms with E-state index in [4.69, 9.17) is 9.72 Å². The zero-order chi connectivity index (χ0) is 30.8. The number of piperazine rings is 1. The summed E-state index contributed by atoms with van der Waals surface area (Å²) >= 11 is 3.66. The fourth-order valence-electron chi connectivity index (χ4n) is 6.23. The van der Waals surface area contributed by atoms with E-state index in [-0.39, 0.29) is 17.7 Å². The molecule has 0 bridgehead atoms. The maximum Gasteiger partial charge on any atom is 0.249 e. The number of morpholine rings is 1. The summed E-state index contributed by atoms with van der Waals surface area (Å²) in [7, 11) is 2.21. The molecular formula is C35H40N6O2S2. The molecule has 8 nitrogen and oxygen atoms in total. The van der Waals surface area contributed by atoms with E-state index < -0.39 is 0 Å². The topological polar surface area (TPSA) is 76.7 Å². The second-order valence-corrected chi connectivity index (χ2v) is 14.3. The number of fused-ring (bicyclic) bond motifs is 2. The lowest BCUT2D eigenvalue weighted by Gasteiger charge is -2.36. The summed E-state index contributed by atoms with van der Waals surface area (Å²) < 4.78 is 6.31. The van der Waals surface area contributed by atoms with Gasteiger partial charge in [-0.2, -0.15) is 0 Å². The van der Waals surface area contributed by atoms with Crippen LogP contribution in [0.1, 0.15) is 35.4 Å². The molecule has 2 N–H and O–H groups in total. The molecule has 0 spiro atoms. The smallest absolute Gasteiger partial charge is 0.249 e. The van der Waals surface area contributed by atoms with Gasteiger partial charge in [0, 0.05) is 95.2 Å². The second-order valence-electron chi connectivity index (χ2n) is 12.1. The Morgan fingerprint density at radius 3 is 2.71 bits per heavy atom. The number of aromatic amines is 1. The molecule has 2 atom stereocenters. The van der Waals surface area contributed by atoms with Gasteiger partial charge in [-0.1, -0.05) is 41.7 Å². The molecule has 0 aliphatic carbocycles. The van der Waals surface area contributed by atoms with Gasteiger partial charge in [-0.15, -0.1) is 0 Å². The number of nitrogens with zero attached hydrogens (tertiary/aromatic N) is 4. The van der Waals surface area contributed by atoms with Gasteiger partial charge in [0.2, 0.25) is 5.56 Å². The third kappa shape index (κ3) is 7.10. The van der Waals surface area contributed by atoms with E-state index in [2.05, 4.69) is 87.5 Å². The number of likely N-dealkylation sites (N-methyl/N-ethyl adjacent to an activating group) is 1. The van der Waals surface area contributed by atoms with Crippen LogP contribution in [0.25, 0.3) is 0 Å². The first-order valence-electron chi connectivity index (χ1n) is 15.8. The molecule has 5 heterocycles. The van der Waals surface area contributed by atoms with Gasteiger partial charge in [0.15, 0.2) is 0 Å². The molecule has 7 rings (SSSR count). The maximum absolute atomic E-state index is 11.9. The summed E-state index contributed by atoms with van der Waals surface area (Å²) in [5.74, 6) is 0. The molecule has 0 radical (unpaired) electrons. The highest BCUT2D eigenvalue weighted by molar-refractivity contribution is 8.05. The van der Waals surface area contributed by atoms with Crippen LogP contribution in [0.3, 0.4) is 0 Å². The van der Waals surface area contributed by atoms with Crippen LogP contribution < -0.4 is 15.8 Å². The Morgan fingerprint density at radius 1 is 1.00 bits per heavy atom. The van der Waals surface area contributed by atoms with Crippen molar-refractivity contribution < 1.29 is 4.74 Å². The molecule has 3 aliphatic heterocycles. The highest BCUT2D eigenvalue weighted by Gasteiger charge is 2.29. The molecule has 2 unspecified atom stereocenters. The Hall–Kier alpha value is -3.28. The average molecular weight is 641 g/mol. The fourth-order valence-corrected chi connectivity index (χ4v) is 8.68. The highest BCUT2D eigenvalue weighted by atomic mass is 32.2. The quantitative estimate of drug-likeness (QED) is 0.210. The van der Waals surface area contributed by atoms with Crippen molar-refractivity contribution in [3.05, 3.63) is 100 Å². The monoisotopic (exact) mass is 640 g/mol. The van der Waals surface area contributed by atoms with Crippen LogP contribution in [0, 0.1) is 6.92 Å². The zero-order valence-electron chi connectivity index (χ0n) is 25.9. The van der Waals surface area contributed by atoms with E-state index in [0.29, 0.717) is 13.2 Å². The number of aryl methyl sites for hydroxylation is 1. The number of H-pyrrole nitrogens is 1. The van der Waals surface area contributed by atoms with Crippen LogP contribution in [0.4, 0.5) is 11.4 Å². The number of rotatable bonds is 8. The number of hydrogen-bond acceptors (Lipinski definition) is 9. The Labute approximate surface area is 273 Å². The molecule has 45 heavy (non-hydrogen) atoms. The van der Waals surface area contributed by atoms with Gasteiger partial charge in [0.1, 0.15) is 6.10 Å². The zero-order valence-corrected chi connectivity index (χ0v) is 27.5. The minimum absolute atomic E-state index is 0.0633. The molecule has 2 aromatic carbocycles. The van der Waals surface area contributed by atoms with Crippen molar-refractivity contribution in [2.24, 2.45) is 0 Å². The van der Waals surface area contributed by atoms with Gasteiger partial charge in [-0.05, 0) is 67.9 Å². The Bertz CT molecular complexity index is 1690. The van der Waals surface area contributed by atoms with Gasteiger partial charge in [-0.3, -0.25) is 9.78 Å². The number of ether oxygens (including phenoxy) is 1. The number of aromatic nitrogens is 2. The van der Waals surface area contributed by atoms with Crippen molar-refractivity contribution in [3.8, 4) is 0 Å². The van der Waals surface area contributed by atoms with Crippen molar-refractivity contribution in [3.63, 3.8) is 0 Å². The molecule has 2 fully saturated rings. The summed E-state index contributed by atoms with van der Waals surface area (Å²) in [5.41, 5.74) is 5.45. The summed E-state index contributed by atoms with van der Waals surface area (Å²) in [6.45, 7) is 9.74. The molecule has 10 heteroatoms. The van der Waals surface area contributed by atoms with Gasteiger partial charge in [0.05, 0.1) is 18.3 Å². The Morgan fingerprint density at radius 2 is 1.89 bits per heavy atom. The van der Waals surface area contributed by atoms with Gasteiger partial charge < -0.3 is 29.7 Å². The third-order valence-corrected chi connectivity index (χ3v) is 11.5. The third-order valence-electron chi connectivity index (χ3n) is 8.88. The number of nitrogens with one attached hydrogen (secondary N) is 2. The minimum atomic E-state index is -0.0819. The Kier molecular flexibility index (Phi) is 9.18. The van der Waals surface area contributed by atoms with Crippen LogP contribution in [0.15, 0.2) is 97.4 Å². The van der Waals surface area contributed by atoms with Gasteiger partial charge >= 0.3 is 0 Å². The molecule has 0 saturated carbocycles. The largest absolute Gasteiger partial charge is 0.377 e. The van der Waals surface area contributed by atoms with Crippen molar-refractivity contribution in [1.29, 1.82) is 0 Å². The summed E-state index contributed by atoms with van der Waals surface area (Å²) in [4.78, 5) is 31.7. The van der Waals surface area contributed by atoms with E-state index >= 15 is 0 Å². The predicted molar refractivity (Wildman–Crippen MR) is 183 cm³/mol. The van der Waals surface area contributed by atoms with Crippen LogP contribution in [0.2, 0.25) is 0 Å². The Balaban J connectivity index is 1.08. The van der Waals surface area contributed by atoms with Crippen molar-refractivity contribution >= 4 is 34.9 Å². The number of benzene rings is 2. The van der Waals surface area contributed by atoms with E-state index in [0.717, 1.165) is 62.8 Å². The highest BCUT2D eigenvalue weighted by Crippen LogP contribution is 2.52. The number of anilines is 2. The van der Waals surface area contributed by atoms with Crippen molar-refractivity contribution in [2.75, 3.05) is 69.7 Å². The normalized spacial score (nSPS) is 19.5. The lowest BCUT2D eigenvalue weighted by molar-refractivity contribution is 0.0379. The lowest BCUT2D eigenvalue weighted by Crippen LogP contribution is -2.45. The van der Waals surface area contributed by atoms with Crippen LogP contribution in [-0.4, -0.2) is 79.2 Å². The van der Waals surface area contributed by atoms with E-state index in [9.17, 15) is 4.79 Å². The first kappa shape index (κ1) is 30.4. The van der Waals surface area contributed by atoms with Gasteiger partial charge in [0.25, 0.3) is 0 Å². The number of pyridine rings is 2. The van der Waals surface area contributed by atoms with E-state index in [1.54, 1.807) is 12.3 Å². The summed E-state index contributed by atoms with van der Waals surface area (Å²) in [6.07, 6.45) is 4.63. The molecule has 2 aromatic heterocycles. The lowest BCUT2D eigenvalue weighted by atomic mass is 10.1. The molecule has 3 aliphatic rings. The molecule has 4 aromatic rings. The van der Waals surface area contributed by atoms with Crippen LogP contribution in [-0.2, 0) is 4.74 Å². The minimum Gasteiger partial charge on any atom is -0.377 e. The first-order valence-corrected chi connectivity index (χ1v) is 17.4.